The summed E-state index contributed by atoms with van der Waals surface area (Å²) in [5, 5.41) is 0. The van der Waals surface area contributed by atoms with Crippen LogP contribution in [0.15, 0.2) is 48.5 Å². The molecule has 3 nitrogen and oxygen atoms in total. The first-order valence-electron chi connectivity index (χ1n) is 6.15. The van der Waals surface area contributed by atoms with Crippen LogP contribution in [-0.2, 0) is 16.4 Å². The van der Waals surface area contributed by atoms with Gasteiger partial charge in [-0.1, -0.05) is 43.3 Å². The van der Waals surface area contributed by atoms with E-state index in [-0.39, 0.29) is 0 Å². The highest BCUT2D eigenvalue weighted by molar-refractivity contribution is 7.92. The normalized spacial score (nSPS) is 11.3. The minimum absolute atomic E-state index is 0.580. The first-order chi connectivity index (χ1) is 8.98. The standard InChI is InChI=1S/C15H17NO2S/c1-3-12-4-6-13(7-5-12)14-8-10-15(11-9-14)16-19(2,17)18/h4-11,16H,3H2,1-2H3. The van der Waals surface area contributed by atoms with Crippen molar-refractivity contribution in [2.45, 2.75) is 13.3 Å². The zero-order valence-electron chi connectivity index (χ0n) is 11.1. The topological polar surface area (TPSA) is 46.2 Å². The van der Waals surface area contributed by atoms with Crippen LogP contribution in [-0.4, -0.2) is 14.7 Å². The van der Waals surface area contributed by atoms with E-state index in [9.17, 15) is 8.42 Å². The van der Waals surface area contributed by atoms with Gasteiger partial charge in [0.2, 0.25) is 10.0 Å². The third-order valence-corrected chi connectivity index (χ3v) is 3.49. The van der Waals surface area contributed by atoms with Crippen molar-refractivity contribution in [2.75, 3.05) is 11.0 Å². The summed E-state index contributed by atoms with van der Waals surface area (Å²) in [6, 6.07) is 15.7. The van der Waals surface area contributed by atoms with Crippen molar-refractivity contribution < 1.29 is 8.42 Å². The third kappa shape index (κ3) is 3.83. The second-order valence-electron chi connectivity index (χ2n) is 4.50. The van der Waals surface area contributed by atoms with E-state index in [0.29, 0.717) is 5.69 Å². The third-order valence-electron chi connectivity index (χ3n) is 2.88. The molecule has 0 atom stereocenters. The monoisotopic (exact) mass is 275 g/mol. The van der Waals surface area contributed by atoms with Gasteiger partial charge in [-0.25, -0.2) is 8.42 Å². The van der Waals surface area contributed by atoms with Crippen LogP contribution in [0.3, 0.4) is 0 Å². The van der Waals surface area contributed by atoms with Crippen molar-refractivity contribution in [3.05, 3.63) is 54.1 Å². The molecule has 0 aliphatic heterocycles. The molecular weight excluding hydrogens is 258 g/mol. The number of hydrogen-bond donors (Lipinski definition) is 1. The van der Waals surface area contributed by atoms with Crippen LogP contribution < -0.4 is 4.72 Å². The number of rotatable bonds is 4. The maximum absolute atomic E-state index is 11.1. The summed E-state index contributed by atoms with van der Waals surface area (Å²) in [5.74, 6) is 0. The Morgan fingerprint density at radius 2 is 1.37 bits per heavy atom. The van der Waals surface area contributed by atoms with Gasteiger partial charge in [-0.3, -0.25) is 4.72 Å². The lowest BCUT2D eigenvalue weighted by Crippen LogP contribution is -2.09. The summed E-state index contributed by atoms with van der Waals surface area (Å²) in [7, 11) is -3.21. The summed E-state index contributed by atoms with van der Waals surface area (Å²) in [5.41, 5.74) is 4.08. The smallest absolute Gasteiger partial charge is 0.229 e. The molecule has 0 aromatic heterocycles. The van der Waals surface area contributed by atoms with Crippen molar-refractivity contribution in [1.29, 1.82) is 0 Å². The lowest BCUT2D eigenvalue weighted by atomic mass is 10.0. The number of aryl methyl sites for hydroxylation is 1. The van der Waals surface area contributed by atoms with Crippen LogP contribution >= 0.6 is 0 Å². The second kappa shape index (κ2) is 5.45. The number of sulfonamides is 1. The van der Waals surface area contributed by atoms with E-state index in [2.05, 4.69) is 35.9 Å². The molecule has 0 aliphatic carbocycles. The summed E-state index contributed by atoms with van der Waals surface area (Å²) in [4.78, 5) is 0. The summed E-state index contributed by atoms with van der Waals surface area (Å²) < 4.78 is 24.7. The number of benzene rings is 2. The molecule has 0 radical (unpaired) electrons. The van der Waals surface area contributed by atoms with Gasteiger partial charge in [-0.2, -0.15) is 0 Å². The number of anilines is 1. The van der Waals surface area contributed by atoms with Crippen LogP contribution in [0.2, 0.25) is 0 Å². The Bertz CT molecular complexity index is 644. The summed E-state index contributed by atoms with van der Waals surface area (Å²) in [6.07, 6.45) is 2.17. The Hall–Kier alpha value is -1.81. The van der Waals surface area contributed by atoms with Gasteiger partial charge < -0.3 is 0 Å². The van der Waals surface area contributed by atoms with Crippen molar-refractivity contribution in [1.82, 2.24) is 0 Å². The first-order valence-corrected chi connectivity index (χ1v) is 8.04. The van der Waals surface area contributed by atoms with E-state index >= 15 is 0 Å². The van der Waals surface area contributed by atoms with E-state index in [1.54, 1.807) is 12.1 Å². The predicted molar refractivity (Wildman–Crippen MR) is 79.7 cm³/mol. The van der Waals surface area contributed by atoms with Crippen molar-refractivity contribution in [3.8, 4) is 11.1 Å². The molecule has 19 heavy (non-hydrogen) atoms. The Labute approximate surface area is 114 Å². The molecule has 0 saturated heterocycles. The number of hydrogen-bond acceptors (Lipinski definition) is 2. The van der Waals surface area contributed by atoms with Crippen molar-refractivity contribution in [2.24, 2.45) is 0 Å². The minimum Gasteiger partial charge on any atom is -0.284 e. The molecule has 2 rings (SSSR count). The predicted octanol–water partition coefficient (Wildman–Crippen LogP) is 3.29. The highest BCUT2D eigenvalue weighted by Gasteiger charge is 2.02. The van der Waals surface area contributed by atoms with Crippen LogP contribution in [0.25, 0.3) is 11.1 Å². The Balaban J connectivity index is 2.22. The highest BCUT2D eigenvalue weighted by atomic mass is 32.2. The van der Waals surface area contributed by atoms with Gasteiger partial charge >= 0.3 is 0 Å². The molecule has 2 aromatic carbocycles. The van der Waals surface area contributed by atoms with Crippen molar-refractivity contribution in [3.63, 3.8) is 0 Å². The first kappa shape index (κ1) is 13.6. The number of nitrogens with one attached hydrogen (secondary N) is 1. The van der Waals surface area contributed by atoms with Gasteiger partial charge in [-0.05, 0) is 35.2 Å². The van der Waals surface area contributed by atoms with Crippen LogP contribution in [0, 0.1) is 0 Å². The highest BCUT2D eigenvalue weighted by Crippen LogP contribution is 2.22. The Kier molecular flexibility index (Phi) is 3.90. The maximum Gasteiger partial charge on any atom is 0.229 e. The molecule has 0 amide bonds. The maximum atomic E-state index is 11.1. The van der Waals surface area contributed by atoms with Gasteiger partial charge in [0.05, 0.1) is 6.26 Å². The zero-order valence-corrected chi connectivity index (χ0v) is 11.9. The molecule has 0 unspecified atom stereocenters. The molecule has 4 heteroatoms. The molecule has 0 heterocycles. The SMILES string of the molecule is CCc1ccc(-c2ccc(NS(C)(=O)=O)cc2)cc1. The molecule has 0 bridgehead atoms. The fraction of sp³-hybridized carbons (Fsp3) is 0.200. The molecule has 0 fully saturated rings. The molecule has 2 aromatic rings. The summed E-state index contributed by atoms with van der Waals surface area (Å²) in [6.45, 7) is 2.13. The largest absolute Gasteiger partial charge is 0.284 e. The van der Waals surface area contributed by atoms with Crippen LogP contribution in [0.5, 0.6) is 0 Å². The van der Waals surface area contributed by atoms with Gasteiger partial charge in [0, 0.05) is 5.69 Å². The van der Waals surface area contributed by atoms with Crippen molar-refractivity contribution >= 4 is 15.7 Å². The molecule has 0 saturated carbocycles. The van der Waals surface area contributed by atoms with E-state index in [1.165, 1.54) is 5.56 Å². The fourth-order valence-corrected chi connectivity index (χ4v) is 2.44. The minimum atomic E-state index is -3.21. The van der Waals surface area contributed by atoms with Gasteiger partial charge in [0.15, 0.2) is 0 Å². The summed E-state index contributed by atoms with van der Waals surface area (Å²) >= 11 is 0. The molecule has 100 valence electrons. The lowest BCUT2D eigenvalue weighted by molar-refractivity contribution is 0.607. The van der Waals surface area contributed by atoms with Crippen LogP contribution in [0.1, 0.15) is 12.5 Å². The quantitative estimate of drug-likeness (QED) is 0.930. The Morgan fingerprint density at radius 1 is 0.895 bits per heavy atom. The van der Waals surface area contributed by atoms with Gasteiger partial charge in [0.1, 0.15) is 0 Å². The second-order valence-corrected chi connectivity index (χ2v) is 6.25. The average Bonchev–Trinajstić information content (AvgIpc) is 2.38. The van der Waals surface area contributed by atoms with E-state index < -0.39 is 10.0 Å². The molecular formula is C15H17NO2S. The molecule has 1 N–H and O–H groups in total. The van der Waals surface area contributed by atoms with E-state index in [1.807, 2.05) is 12.1 Å². The van der Waals surface area contributed by atoms with Crippen LogP contribution in [0.4, 0.5) is 5.69 Å². The van der Waals surface area contributed by atoms with Gasteiger partial charge in [0.25, 0.3) is 0 Å². The molecule has 0 spiro atoms. The average molecular weight is 275 g/mol. The zero-order chi connectivity index (χ0) is 13.9. The van der Waals surface area contributed by atoms with E-state index in [4.69, 9.17) is 0 Å². The fourth-order valence-electron chi connectivity index (χ4n) is 1.88. The van der Waals surface area contributed by atoms with Gasteiger partial charge in [-0.15, -0.1) is 0 Å². The Morgan fingerprint density at radius 3 is 1.79 bits per heavy atom. The molecule has 0 aliphatic rings. The van der Waals surface area contributed by atoms with E-state index in [0.717, 1.165) is 23.8 Å². The lowest BCUT2D eigenvalue weighted by Gasteiger charge is -2.06.